The van der Waals surface area contributed by atoms with E-state index in [0.717, 1.165) is 32.6 Å². The molecule has 0 unspecified atom stereocenters. The number of thiazole rings is 1. The second-order valence-corrected chi connectivity index (χ2v) is 8.12. The van der Waals surface area contributed by atoms with Crippen LogP contribution in [0, 0.1) is 5.82 Å². The summed E-state index contributed by atoms with van der Waals surface area (Å²) in [6.45, 7) is 0. The maximum absolute atomic E-state index is 13.2. The van der Waals surface area contributed by atoms with Gasteiger partial charge in [-0.2, -0.15) is 9.61 Å². The van der Waals surface area contributed by atoms with Gasteiger partial charge in [-0.15, -0.1) is 21.5 Å². The summed E-state index contributed by atoms with van der Waals surface area (Å²) >= 11 is 3.25. The molecule has 0 spiro atoms. The first kappa shape index (κ1) is 18.0. The minimum atomic E-state index is -0.287. The molecule has 142 valence electrons. The molecule has 0 saturated heterocycles. The van der Waals surface area contributed by atoms with Gasteiger partial charge >= 0.3 is 0 Å². The van der Waals surface area contributed by atoms with E-state index in [9.17, 15) is 4.39 Å². The van der Waals surface area contributed by atoms with Crippen LogP contribution in [0.2, 0.25) is 0 Å². The first-order chi connectivity index (χ1) is 14.3. The van der Waals surface area contributed by atoms with Gasteiger partial charge in [0.25, 0.3) is 0 Å². The highest BCUT2D eigenvalue weighted by molar-refractivity contribution is 7.98. The molecule has 5 rings (SSSR count). The van der Waals surface area contributed by atoms with E-state index in [4.69, 9.17) is 4.98 Å². The minimum Gasteiger partial charge on any atom is -0.240 e. The molecule has 0 atom stereocenters. The van der Waals surface area contributed by atoms with Crippen molar-refractivity contribution in [2.75, 3.05) is 0 Å². The van der Waals surface area contributed by atoms with Crippen LogP contribution < -0.4 is 0 Å². The Hall–Kier alpha value is -3.10. The van der Waals surface area contributed by atoms with Gasteiger partial charge in [-0.25, -0.2) is 9.37 Å². The van der Waals surface area contributed by atoms with Crippen LogP contribution in [0.15, 0.2) is 77.1 Å². The van der Waals surface area contributed by atoms with Crippen molar-refractivity contribution in [2.45, 2.75) is 10.8 Å². The van der Waals surface area contributed by atoms with Gasteiger partial charge in [-0.3, -0.25) is 0 Å². The van der Waals surface area contributed by atoms with E-state index < -0.39 is 0 Å². The van der Waals surface area contributed by atoms with Crippen molar-refractivity contribution in [3.8, 4) is 22.0 Å². The van der Waals surface area contributed by atoms with Crippen molar-refractivity contribution in [3.05, 3.63) is 83.6 Å². The van der Waals surface area contributed by atoms with Gasteiger partial charge in [-0.05, 0) is 36.4 Å². The molecule has 29 heavy (non-hydrogen) atoms. The maximum Gasteiger partial charge on any atom is 0.185 e. The van der Waals surface area contributed by atoms with E-state index in [0.29, 0.717) is 11.5 Å². The Bertz CT molecular complexity index is 1270. The fourth-order valence-corrected chi connectivity index (χ4v) is 4.54. The molecule has 5 aromatic rings. The molecular formula is C21H14FN5S2. The third-order valence-electron chi connectivity index (χ3n) is 4.28. The van der Waals surface area contributed by atoms with Crippen molar-refractivity contribution in [1.29, 1.82) is 0 Å². The van der Waals surface area contributed by atoms with Crippen molar-refractivity contribution in [1.82, 2.24) is 24.8 Å². The predicted molar refractivity (Wildman–Crippen MR) is 113 cm³/mol. The number of nitrogens with zero attached hydrogens (tertiary/aromatic N) is 5. The molecule has 0 N–H and O–H groups in total. The fraction of sp³-hybridized carbons (Fsp3) is 0.0476. The number of rotatable bonds is 5. The van der Waals surface area contributed by atoms with E-state index in [1.165, 1.54) is 12.1 Å². The molecule has 5 nitrogen and oxygen atoms in total. The summed E-state index contributed by atoms with van der Waals surface area (Å²) in [4.78, 5) is 4.72. The van der Waals surface area contributed by atoms with E-state index >= 15 is 0 Å². The zero-order valence-electron chi connectivity index (χ0n) is 15.1. The number of aromatic nitrogens is 5. The molecule has 0 aliphatic carbocycles. The summed E-state index contributed by atoms with van der Waals surface area (Å²) < 4.78 is 14.9. The van der Waals surface area contributed by atoms with Gasteiger partial charge in [0.15, 0.2) is 11.5 Å². The number of hydrogen-bond acceptors (Lipinski definition) is 6. The molecule has 3 heterocycles. The number of thioether (sulfide) groups is 1. The third-order valence-corrected chi connectivity index (χ3v) is 6.17. The maximum atomic E-state index is 13.2. The summed E-state index contributed by atoms with van der Waals surface area (Å²) in [6, 6.07) is 20.1. The zero-order chi connectivity index (χ0) is 19.6. The standard InChI is InChI=1S/C21H14FN5S2/c22-16-8-6-14(7-9-16)20-25-24-18-10-11-19(26-27(18)20)28-12-17-13-29-21(23-17)15-4-2-1-3-5-15/h1-11,13H,12H2. The molecule has 2 aromatic carbocycles. The van der Waals surface area contributed by atoms with Crippen molar-refractivity contribution < 1.29 is 4.39 Å². The second-order valence-electron chi connectivity index (χ2n) is 6.27. The Morgan fingerprint density at radius 1 is 0.897 bits per heavy atom. The van der Waals surface area contributed by atoms with E-state index in [1.54, 1.807) is 39.7 Å². The minimum absolute atomic E-state index is 0.287. The lowest BCUT2D eigenvalue weighted by molar-refractivity contribution is 0.628. The molecule has 0 saturated carbocycles. The topological polar surface area (TPSA) is 56.0 Å². The van der Waals surface area contributed by atoms with E-state index in [2.05, 4.69) is 32.8 Å². The molecule has 0 bridgehead atoms. The molecule has 0 radical (unpaired) electrons. The Morgan fingerprint density at radius 3 is 2.55 bits per heavy atom. The first-order valence-corrected chi connectivity index (χ1v) is 10.7. The summed E-state index contributed by atoms with van der Waals surface area (Å²) in [5.74, 6) is 1.02. The highest BCUT2D eigenvalue weighted by Crippen LogP contribution is 2.27. The third kappa shape index (κ3) is 3.76. The SMILES string of the molecule is Fc1ccc(-c2nnc3ccc(SCc4csc(-c5ccccc5)n4)nn23)cc1. The lowest BCUT2D eigenvalue weighted by Crippen LogP contribution is -1.97. The van der Waals surface area contributed by atoms with Crippen molar-refractivity contribution in [2.24, 2.45) is 0 Å². The van der Waals surface area contributed by atoms with Gasteiger partial charge in [0, 0.05) is 22.3 Å². The average molecular weight is 420 g/mol. The highest BCUT2D eigenvalue weighted by atomic mass is 32.2. The van der Waals surface area contributed by atoms with Gasteiger partial charge in [0.2, 0.25) is 0 Å². The highest BCUT2D eigenvalue weighted by Gasteiger charge is 2.11. The number of fused-ring (bicyclic) bond motifs is 1. The molecule has 0 amide bonds. The normalized spacial score (nSPS) is 11.2. The lowest BCUT2D eigenvalue weighted by Gasteiger charge is -2.02. The number of benzene rings is 2. The number of hydrogen-bond donors (Lipinski definition) is 0. The first-order valence-electron chi connectivity index (χ1n) is 8.87. The smallest absolute Gasteiger partial charge is 0.185 e. The molecule has 0 fully saturated rings. The largest absolute Gasteiger partial charge is 0.240 e. The van der Waals surface area contributed by atoms with Gasteiger partial charge in [0.05, 0.1) is 5.69 Å². The van der Waals surface area contributed by atoms with Crippen LogP contribution in [0.5, 0.6) is 0 Å². The molecule has 0 aliphatic rings. The Kier molecular flexibility index (Phi) is 4.79. The van der Waals surface area contributed by atoms with Crippen LogP contribution in [0.25, 0.3) is 27.6 Å². The Labute approximate surface area is 174 Å². The van der Waals surface area contributed by atoms with Crippen LogP contribution in [-0.4, -0.2) is 24.8 Å². The zero-order valence-corrected chi connectivity index (χ0v) is 16.7. The molecule has 8 heteroatoms. The molecular weight excluding hydrogens is 405 g/mol. The second kappa shape index (κ2) is 7.73. The predicted octanol–water partition coefficient (Wildman–Crippen LogP) is 5.35. The monoisotopic (exact) mass is 419 g/mol. The fourth-order valence-electron chi connectivity index (χ4n) is 2.86. The molecule has 3 aromatic heterocycles. The van der Waals surface area contributed by atoms with Gasteiger partial charge < -0.3 is 0 Å². The van der Waals surface area contributed by atoms with Gasteiger partial charge in [0.1, 0.15) is 15.9 Å². The van der Waals surface area contributed by atoms with Crippen LogP contribution >= 0.6 is 23.1 Å². The summed E-state index contributed by atoms with van der Waals surface area (Å²) in [7, 11) is 0. The lowest BCUT2D eigenvalue weighted by atomic mass is 10.2. The molecule has 0 aliphatic heterocycles. The summed E-state index contributed by atoms with van der Waals surface area (Å²) in [6.07, 6.45) is 0. The number of halogens is 1. The van der Waals surface area contributed by atoms with Crippen LogP contribution in [-0.2, 0) is 5.75 Å². The van der Waals surface area contributed by atoms with Crippen LogP contribution in [0.4, 0.5) is 4.39 Å². The quantitative estimate of drug-likeness (QED) is 0.360. The van der Waals surface area contributed by atoms with E-state index in [-0.39, 0.29) is 5.82 Å². The van der Waals surface area contributed by atoms with Crippen molar-refractivity contribution in [3.63, 3.8) is 0 Å². The average Bonchev–Trinajstić information content (AvgIpc) is 3.40. The van der Waals surface area contributed by atoms with Crippen LogP contribution in [0.3, 0.4) is 0 Å². The summed E-state index contributed by atoms with van der Waals surface area (Å²) in [5, 5.41) is 16.9. The van der Waals surface area contributed by atoms with Gasteiger partial charge in [-0.1, -0.05) is 42.1 Å². The Morgan fingerprint density at radius 2 is 1.72 bits per heavy atom. The van der Waals surface area contributed by atoms with Crippen LogP contribution in [0.1, 0.15) is 5.69 Å². The summed E-state index contributed by atoms with van der Waals surface area (Å²) in [5.41, 5.74) is 3.55. The van der Waals surface area contributed by atoms with Crippen molar-refractivity contribution >= 4 is 28.7 Å². The van der Waals surface area contributed by atoms with E-state index in [1.807, 2.05) is 30.3 Å². The Balaban J connectivity index is 1.37.